The minimum Gasteiger partial charge on any atom is -0.310 e. The van der Waals surface area contributed by atoms with E-state index in [2.05, 4.69) is 15.9 Å². The van der Waals surface area contributed by atoms with Gasteiger partial charge in [0.1, 0.15) is 0 Å². The molecule has 6 heteroatoms. The number of amides is 1. The molecule has 1 fully saturated rings. The predicted molar refractivity (Wildman–Crippen MR) is 71.2 cm³/mol. The quantitative estimate of drug-likeness (QED) is 0.554. The number of hydrogen-bond donors (Lipinski definition) is 0. The molecule has 1 heterocycles. The summed E-state index contributed by atoms with van der Waals surface area (Å²) >= 11 is 21.1. The molecule has 0 bridgehead atoms. The standard InChI is InChI=1S/C10H7BrCl3NO/c11-5-1-2-15(10(5)16)9-4-7(13)6(12)3-8(9)14/h3-5H,1-2H2. The highest BCUT2D eigenvalue weighted by Crippen LogP contribution is 2.37. The van der Waals surface area contributed by atoms with E-state index in [1.165, 1.54) is 0 Å². The van der Waals surface area contributed by atoms with Gasteiger partial charge >= 0.3 is 0 Å². The molecule has 0 N–H and O–H groups in total. The van der Waals surface area contributed by atoms with Crippen molar-refractivity contribution in [3.05, 3.63) is 27.2 Å². The molecular formula is C10H7BrCl3NO. The number of halogens is 4. The van der Waals surface area contributed by atoms with Crippen LogP contribution in [0.15, 0.2) is 12.1 Å². The van der Waals surface area contributed by atoms with Gasteiger partial charge in [-0.1, -0.05) is 50.7 Å². The van der Waals surface area contributed by atoms with Gasteiger partial charge in [-0.25, -0.2) is 0 Å². The van der Waals surface area contributed by atoms with Gasteiger partial charge in [-0.15, -0.1) is 0 Å². The lowest BCUT2D eigenvalue weighted by molar-refractivity contribution is -0.116. The Balaban J connectivity index is 2.41. The highest BCUT2D eigenvalue weighted by atomic mass is 79.9. The Morgan fingerprint density at radius 3 is 2.38 bits per heavy atom. The minimum absolute atomic E-state index is 0.000268. The summed E-state index contributed by atoms with van der Waals surface area (Å²) in [5.74, 6) is 0.000268. The third kappa shape index (κ3) is 2.19. The predicted octanol–water partition coefficient (Wildman–Crippen LogP) is 4.15. The molecule has 1 aromatic rings. The molecule has 1 atom stereocenters. The maximum absolute atomic E-state index is 11.8. The van der Waals surface area contributed by atoms with Gasteiger partial charge in [0.2, 0.25) is 5.91 Å². The Morgan fingerprint density at radius 2 is 1.81 bits per heavy atom. The van der Waals surface area contributed by atoms with Crippen LogP contribution >= 0.6 is 50.7 Å². The van der Waals surface area contributed by atoms with Crippen LogP contribution in [0.4, 0.5) is 5.69 Å². The van der Waals surface area contributed by atoms with Crippen LogP contribution in [-0.4, -0.2) is 17.3 Å². The Bertz CT molecular complexity index is 452. The van der Waals surface area contributed by atoms with E-state index in [1.54, 1.807) is 17.0 Å². The molecule has 1 saturated heterocycles. The first-order valence-electron chi connectivity index (χ1n) is 4.60. The second-order valence-electron chi connectivity index (χ2n) is 3.46. The molecule has 1 unspecified atom stereocenters. The zero-order valence-electron chi connectivity index (χ0n) is 8.01. The molecule has 1 amide bonds. The van der Waals surface area contributed by atoms with Crippen molar-refractivity contribution in [1.29, 1.82) is 0 Å². The summed E-state index contributed by atoms with van der Waals surface area (Å²) in [6.07, 6.45) is 0.759. The molecule has 16 heavy (non-hydrogen) atoms. The molecule has 2 rings (SSSR count). The molecule has 0 radical (unpaired) electrons. The first-order valence-corrected chi connectivity index (χ1v) is 6.65. The fraction of sp³-hybridized carbons (Fsp3) is 0.300. The van der Waals surface area contributed by atoms with Gasteiger partial charge in [-0.2, -0.15) is 0 Å². The second kappa shape index (κ2) is 4.73. The summed E-state index contributed by atoms with van der Waals surface area (Å²) in [4.78, 5) is 13.3. The first kappa shape index (κ1) is 12.5. The summed E-state index contributed by atoms with van der Waals surface area (Å²) < 4.78 is 0. The molecule has 0 aliphatic carbocycles. The van der Waals surface area contributed by atoms with Gasteiger partial charge < -0.3 is 4.90 Å². The van der Waals surface area contributed by atoms with Crippen molar-refractivity contribution in [3.63, 3.8) is 0 Å². The number of carbonyl (C=O) groups excluding carboxylic acids is 1. The monoisotopic (exact) mass is 341 g/mol. The number of alkyl halides is 1. The lowest BCUT2D eigenvalue weighted by atomic mass is 10.3. The van der Waals surface area contributed by atoms with Crippen LogP contribution in [0.5, 0.6) is 0 Å². The zero-order valence-corrected chi connectivity index (χ0v) is 11.9. The fourth-order valence-corrected chi connectivity index (χ4v) is 2.70. The number of anilines is 1. The number of benzene rings is 1. The van der Waals surface area contributed by atoms with Crippen LogP contribution < -0.4 is 4.90 Å². The fourth-order valence-electron chi connectivity index (χ4n) is 1.60. The zero-order chi connectivity index (χ0) is 11.9. The maximum atomic E-state index is 11.8. The first-order chi connectivity index (χ1) is 7.50. The van der Waals surface area contributed by atoms with Crippen molar-refractivity contribution in [1.82, 2.24) is 0 Å². The lowest BCUT2D eigenvalue weighted by Crippen LogP contribution is -2.27. The summed E-state index contributed by atoms with van der Waals surface area (Å²) in [5, 5.41) is 1.22. The van der Waals surface area contributed by atoms with Crippen molar-refractivity contribution in [2.24, 2.45) is 0 Å². The van der Waals surface area contributed by atoms with E-state index in [9.17, 15) is 4.79 Å². The number of nitrogens with zero attached hydrogens (tertiary/aromatic N) is 1. The highest BCUT2D eigenvalue weighted by Gasteiger charge is 2.31. The third-order valence-electron chi connectivity index (χ3n) is 2.42. The van der Waals surface area contributed by atoms with Gasteiger partial charge in [-0.05, 0) is 18.6 Å². The normalized spacial score (nSPS) is 20.6. The Morgan fingerprint density at radius 1 is 1.19 bits per heavy atom. The van der Waals surface area contributed by atoms with Crippen LogP contribution in [0, 0.1) is 0 Å². The molecule has 2 nitrogen and oxygen atoms in total. The van der Waals surface area contributed by atoms with Gasteiger partial charge in [0.25, 0.3) is 0 Å². The molecule has 0 saturated carbocycles. The van der Waals surface area contributed by atoms with Crippen LogP contribution in [0.3, 0.4) is 0 Å². The summed E-state index contributed by atoms with van der Waals surface area (Å²) in [6, 6.07) is 3.17. The average Bonchev–Trinajstić information content (AvgIpc) is 2.54. The molecule has 0 spiro atoms. The van der Waals surface area contributed by atoms with E-state index in [4.69, 9.17) is 34.8 Å². The third-order valence-corrected chi connectivity index (χ3v) is 4.30. The largest absolute Gasteiger partial charge is 0.310 e. The van der Waals surface area contributed by atoms with E-state index in [0.717, 1.165) is 6.42 Å². The minimum atomic E-state index is -0.141. The second-order valence-corrected chi connectivity index (χ2v) is 5.79. The van der Waals surface area contributed by atoms with Crippen molar-refractivity contribution in [2.75, 3.05) is 11.4 Å². The summed E-state index contributed by atoms with van der Waals surface area (Å²) in [6.45, 7) is 0.631. The number of carbonyl (C=O) groups is 1. The van der Waals surface area contributed by atoms with Crippen molar-refractivity contribution >= 4 is 62.3 Å². The molecule has 86 valence electrons. The van der Waals surface area contributed by atoms with Gasteiger partial charge in [0.05, 0.1) is 25.6 Å². The van der Waals surface area contributed by atoms with Crippen molar-refractivity contribution in [3.8, 4) is 0 Å². The average molecular weight is 343 g/mol. The topological polar surface area (TPSA) is 20.3 Å². The Hall–Kier alpha value is 0.0400. The van der Waals surface area contributed by atoms with Gasteiger partial charge in [-0.3, -0.25) is 4.79 Å². The van der Waals surface area contributed by atoms with Crippen LogP contribution in [0.1, 0.15) is 6.42 Å². The van der Waals surface area contributed by atoms with Crippen molar-refractivity contribution in [2.45, 2.75) is 11.2 Å². The molecule has 1 aliphatic heterocycles. The van der Waals surface area contributed by atoms with E-state index in [0.29, 0.717) is 27.3 Å². The number of hydrogen-bond acceptors (Lipinski definition) is 1. The van der Waals surface area contributed by atoms with E-state index >= 15 is 0 Å². The van der Waals surface area contributed by atoms with E-state index in [-0.39, 0.29) is 10.7 Å². The van der Waals surface area contributed by atoms with Crippen LogP contribution in [-0.2, 0) is 4.79 Å². The summed E-state index contributed by atoms with van der Waals surface area (Å²) in [5.41, 5.74) is 0.614. The van der Waals surface area contributed by atoms with Gasteiger partial charge in [0, 0.05) is 6.54 Å². The molecule has 1 aliphatic rings. The molecular weight excluding hydrogens is 336 g/mol. The number of rotatable bonds is 1. The van der Waals surface area contributed by atoms with Gasteiger partial charge in [0.15, 0.2) is 0 Å². The SMILES string of the molecule is O=C1C(Br)CCN1c1cc(Cl)c(Cl)cc1Cl. The summed E-state index contributed by atoms with van der Waals surface area (Å²) in [7, 11) is 0. The maximum Gasteiger partial charge on any atom is 0.240 e. The van der Waals surface area contributed by atoms with Crippen LogP contribution in [0.25, 0.3) is 0 Å². The smallest absolute Gasteiger partial charge is 0.240 e. The lowest BCUT2D eigenvalue weighted by Gasteiger charge is -2.18. The molecule has 1 aromatic carbocycles. The van der Waals surface area contributed by atoms with E-state index in [1.807, 2.05) is 0 Å². The highest BCUT2D eigenvalue weighted by molar-refractivity contribution is 9.10. The Labute approximate surface area is 117 Å². The van der Waals surface area contributed by atoms with E-state index < -0.39 is 0 Å². The molecule has 0 aromatic heterocycles. The Kier molecular flexibility index (Phi) is 3.69. The van der Waals surface area contributed by atoms with Crippen molar-refractivity contribution < 1.29 is 4.79 Å². The van der Waals surface area contributed by atoms with Crippen LogP contribution in [0.2, 0.25) is 15.1 Å².